The predicted octanol–water partition coefficient (Wildman–Crippen LogP) is 3.43. The first kappa shape index (κ1) is 12.6. The summed E-state index contributed by atoms with van der Waals surface area (Å²) in [6.07, 6.45) is 1.82. The van der Waals surface area contributed by atoms with E-state index in [1.54, 1.807) is 18.3 Å². The van der Waals surface area contributed by atoms with Crippen molar-refractivity contribution in [2.24, 2.45) is 0 Å². The van der Waals surface area contributed by atoms with Crippen LogP contribution in [0.15, 0.2) is 41.3 Å². The number of hydrogen-bond acceptors (Lipinski definition) is 4. The number of carbonyl (C=O) groups is 1. The Hall–Kier alpha value is -1.81. The lowest BCUT2D eigenvalue weighted by Crippen LogP contribution is -2.05. The van der Waals surface area contributed by atoms with Gasteiger partial charge < -0.3 is 10.1 Å². The molecule has 0 aliphatic carbocycles. The number of carbonyl (C=O) groups excluding carboxylic acids is 1. The minimum absolute atomic E-state index is 0.287. The molecule has 0 saturated heterocycles. The summed E-state index contributed by atoms with van der Waals surface area (Å²) in [6.45, 7) is 2.35. The van der Waals surface area contributed by atoms with Crippen molar-refractivity contribution in [1.29, 1.82) is 0 Å². The number of methoxy groups -OCH3 is 1. The largest absolute Gasteiger partial charge is 0.466 e. The minimum Gasteiger partial charge on any atom is -0.466 e. The monoisotopic (exact) mass is 261 g/mol. The topological polar surface area (TPSA) is 38.3 Å². The molecule has 0 amide bonds. The number of ether oxygens (including phenoxy) is 1. The number of esters is 1. The van der Waals surface area contributed by atoms with Gasteiger partial charge in [0.1, 0.15) is 0 Å². The first-order valence-electron chi connectivity index (χ1n) is 5.67. The van der Waals surface area contributed by atoms with Gasteiger partial charge in [-0.2, -0.15) is 0 Å². The van der Waals surface area contributed by atoms with Crippen LogP contribution in [-0.2, 0) is 9.53 Å². The van der Waals surface area contributed by atoms with Crippen LogP contribution in [0.5, 0.6) is 0 Å². The van der Waals surface area contributed by atoms with E-state index in [0.717, 1.165) is 5.69 Å². The molecule has 0 unspecified atom stereocenters. The molecule has 0 atom stereocenters. The number of rotatable bonds is 4. The number of nitrogens with one attached hydrogen (secondary N) is 1. The molecular formula is C14H15NO2S. The third-order valence-electron chi connectivity index (χ3n) is 2.67. The fourth-order valence-electron chi connectivity index (χ4n) is 1.64. The molecule has 0 bridgehead atoms. The Balaban J connectivity index is 1.99. The smallest absolute Gasteiger partial charge is 0.333 e. The van der Waals surface area contributed by atoms with Crippen LogP contribution < -0.4 is 5.32 Å². The third kappa shape index (κ3) is 2.90. The van der Waals surface area contributed by atoms with Gasteiger partial charge in [0.25, 0.3) is 0 Å². The Labute approximate surface area is 110 Å². The quantitative estimate of drug-likeness (QED) is 0.677. The van der Waals surface area contributed by atoms with Crippen LogP contribution in [0.4, 0.5) is 5.69 Å². The Kier molecular flexibility index (Phi) is 3.99. The van der Waals surface area contributed by atoms with E-state index in [-0.39, 0.29) is 5.97 Å². The molecule has 0 aliphatic heterocycles. The zero-order valence-corrected chi connectivity index (χ0v) is 11.2. The molecule has 0 radical (unpaired) electrons. The van der Waals surface area contributed by atoms with E-state index >= 15 is 0 Å². The third-order valence-corrected chi connectivity index (χ3v) is 3.57. The SMILES string of the molecule is COC(=O)/C(C)=C/CNc1ccc2sccc2c1. The molecule has 2 aromatic rings. The highest BCUT2D eigenvalue weighted by atomic mass is 32.1. The Morgan fingerprint density at radius 1 is 1.44 bits per heavy atom. The van der Waals surface area contributed by atoms with Gasteiger partial charge in [-0.1, -0.05) is 6.08 Å². The van der Waals surface area contributed by atoms with Crippen molar-refractivity contribution >= 4 is 33.1 Å². The summed E-state index contributed by atoms with van der Waals surface area (Å²) in [5.74, 6) is -0.287. The van der Waals surface area contributed by atoms with E-state index in [4.69, 9.17) is 0 Å². The highest BCUT2D eigenvalue weighted by molar-refractivity contribution is 7.17. The van der Waals surface area contributed by atoms with Crippen molar-refractivity contribution in [2.75, 3.05) is 19.0 Å². The van der Waals surface area contributed by atoms with E-state index < -0.39 is 0 Å². The molecule has 1 heterocycles. The van der Waals surface area contributed by atoms with E-state index in [1.165, 1.54) is 17.2 Å². The molecule has 3 nitrogen and oxygen atoms in total. The molecule has 18 heavy (non-hydrogen) atoms. The predicted molar refractivity (Wildman–Crippen MR) is 76.1 cm³/mol. The van der Waals surface area contributed by atoms with Gasteiger partial charge >= 0.3 is 5.97 Å². The molecule has 1 N–H and O–H groups in total. The molecule has 0 saturated carbocycles. The summed E-state index contributed by atoms with van der Waals surface area (Å²) in [4.78, 5) is 11.2. The van der Waals surface area contributed by atoms with E-state index in [2.05, 4.69) is 33.6 Å². The average molecular weight is 261 g/mol. The van der Waals surface area contributed by atoms with Crippen molar-refractivity contribution in [3.63, 3.8) is 0 Å². The highest BCUT2D eigenvalue weighted by Crippen LogP contribution is 2.23. The molecule has 4 heteroatoms. The summed E-state index contributed by atoms with van der Waals surface area (Å²) in [6, 6.07) is 8.34. The Morgan fingerprint density at radius 3 is 3.06 bits per heavy atom. The van der Waals surface area contributed by atoms with Crippen LogP contribution in [0.1, 0.15) is 6.92 Å². The van der Waals surface area contributed by atoms with Gasteiger partial charge in [-0.25, -0.2) is 4.79 Å². The molecular weight excluding hydrogens is 246 g/mol. The lowest BCUT2D eigenvalue weighted by molar-refractivity contribution is -0.136. The van der Waals surface area contributed by atoms with Gasteiger partial charge in [-0.05, 0) is 42.0 Å². The number of benzene rings is 1. The summed E-state index contributed by atoms with van der Waals surface area (Å²) < 4.78 is 5.91. The van der Waals surface area contributed by atoms with Crippen molar-refractivity contribution in [2.45, 2.75) is 6.92 Å². The van der Waals surface area contributed by atoms with Crippen molar-refractivity contribution in [1.82, 2.24) is 0 Å². The second kappa shape index (κ2) is 5.69. The van der Waals surface area contributed by atoms with Gasteiger partial charge in [0.15, 0.2) is 0 Å². The number of thiophene rings is 1. The molecule has 0 aliphatic rings. The van der Waals surface area contributed by atoms with Crippen molar-refractivity contribution in [3.05, 3.63) is 41.3 Å². The van der Waals surface area contributed by atoms with Crippen LogP contribution in [0.2, 0.25) is 0 Å². The van der Waals surface area contributed by atoms with Gasteiger partial charge in [-0.15, -0.1) is 11.3 Å². The lowest BCUT2D eigenvalue weighted by Gasteiger charge is -2.04. The van der Waals surface area contributed by atoms with E-state index in [1.807, 2.05) is 12.1 Å². The molecule has 0 fully saturated rings. The molecule has 1 aromatic carbocycles. The fourth-order valence-corrected chi connectivity index (χ4v) is 2.41. The van der Waals surface area contributed by atoms with E-state index in [9.17, 15) is 4.79 Å². The Morgan fingerprint density at radius 2 is 2.28 bits per heavy atom. The summed E-state index contributed by atoms with van der Waals surface area (Å²) >= 11 is 1.73. The first-order valence-corrected chi connectivity index (χ1v) is 6.55. The van der Waals surface area contributed by atoms with Gasteiger partial charge in [0.05, 0.1) is 7.11 Å². The maximum Gasteiger partial charge on any atom is 0.333 e. The minimum atomic E-state index is -0.287. The molecule has 2 rings (SSSR count). The highest BCUT2D eigenvalue weighted by Gasteiger charge is 2.01. The maximum atomic E-state index is 11.2. The number of hydrogen-bond donors (Lipinski definition) is 1. The van der Waals surface area contributed by atoms with Crippen LogP contribution in [0.3, 0.4) is 0 Å². The van der Waals surface area contributed by atoms with Crippen LogP contribution >= 0.6 is 11.3 Å². The second-order valence-electron chi connectivity index (χ2n) is 3.93. The average Bonchev–Trinajstić information content (AvgIpc) is 2.85. The van der Waals surface area contributed by atoms with Gasteiger partial charge in [0, 0.05) is 22.5 Å². The molecule has 1 aromatic heterocycles. The summed E-state index contributed by atoms with van der Waals surface area (Å²) in [7, 11) is 1.39. The lowest BCUT2D eigenvalue weighted by atomic mass is 10.2. The summed E-state index contributed by atoms with van der Waals surface area (Å²) in [5.41, 5.74) is 1.66. The Bertz CT molecular complexity index is 586. The number of anilines is 1. The van der Waals surface area contributed by atoms with Gasteiger partial charge in [0.2, 0.25) is 0 Å². The normalized spacial score (nSPS) is 11.6. The number of fused-ring (bicyclic) bond motifs is 1. The molecule has 94 valence electrons. The first-order chi connectivity index (χ1) is 8.70. The van der Waals surface area contributed by atoms with E-state index in [0.29, 0.717) is 12.1 Å². The van der Waals surface area contributed by atoms with Gasteiger partial charge in [-0.3, -0.25) is 0 Å². The maximum absolute atomic E-state index is 11.2. The van der Waals surface area contributed by atoms with Crippen LogP contribution in [0, 0.1) is 0 Å². The second-order valence-corrected chi connectivity index (χ2v) is 4.88. The van der Waals surface area contributed by atoms with Crippen LogP contribution in [0.25, 0.3) is 10.1 Å². The zero-order chi connectivity index (χ0) is 13.0. The van der Waals surface area contributed by atoms with Crippen LogP contribution in [-0.4, -0.2) is 19.6 Å². The summed E-state index contributed by atoms with van der Waals surface area (Å²) in [5, 5.41) is 6.57. The van der Waals surface area contributed by atoms with Crippen molar-refractivity contribution in [3.8, 4) is 0 Å². The standard InChI is InChI=1S/C14H15NO2S/c1-10(14(16)17-2)5-7-15-12-3-4-13-11(9-12)6-8-18-13/h3-6,8-9,15H,7H2,1-2H3/b10-5+. The zero-order valence-electron chi connectivity index (χ0n) is 10.4. The van der Waals surface area contributed by atoms with Crippen molar-refractivity contribution < 1.29 is 9.53 Å². The molecule has 0 spiro atoms. The fraction of sp³-hybridized carbons (Fsp3) is 0.214.